The number of phenols is 1. The monoisotopic (exact) mass is 280 g/mol. The van der Waals surface area contributed by atoms with Crippen LogP contribution >= 0.6 is 0 Å². The van der Waals surface area contributed by atoms with E-state index in [2.05, 4.69) is 10.3 Å². The van der Waals surface area contributed by atoms with Crippen LogP contribution in [0.15, 0.2) is 30.5 Å². The Bertz CT molecular complexity index is 565. The van der Waals surface area contributed by atoms with Crippen LogP contribution < -0.4 is 10.1 Å². The summed E-state index contributed by atoms with van der Waals surface area (Å²) in [6.45, 7) is 0.779. The van der Waals surface area contributed by atoms with Gasteiger partial charge in [0.25, 0.3) is 0 Å². The number of aromatic hydroxyl groups is 1. The highest BCUT2D eigenvalue weighted by Crippen LogP contribution is 2.21. The third-order valence-corrected chi connectivity index (χ3v) is 2.74. The van der Waals surface area contributed by atoms with Gasteiger partial charge in [-0.15, -0.1) is 0 Å². The van der Waals surface area contributed by atoms with Gasteiger partial charge in [0, 0.05) is 25.4 Å². The summed E-state index contributed by atoms with van der Waals surface area (Å²) in [5.41, 5.74) is 1.34. The van der Waals surface area contributed by atoms with Crippen LogP contribution in [-0.2, 0) is 13.1 Å². The lowest BCUT2D eigenvalue weighted by molar-refractivity contribution is 0.395. The maximum atomic E-state index is 13.1. The molecule has 0 amide bonds. The first kappa shape index (κ1) is 14.2. The molecule has 20 heavy (non-hydrogen) atoms. The van der Waals surface area contributed by atoms with E-state index in [-0.39, 0.29) is 6.54 Å². The Morgan fingerprint density at radius 1 is 1.15 bits per heavy atom. The van der Waals surface area contributed by atoms with E-state index < -0.39 is 17.4 Å². The van der Waals surface area contributed by atoms with Gasteiger partial charge in [-0.25, -0.2) is 13.8 Å². The molecule has 6 heteroatoms. The van der Waals surface area contributed by atoms with Gasteiger partial charge in [-0.3, -0.25) is 0 Å². The predicted octanol–water partition coefficient (Wildman–Crippen LogP) is 2.36. The molecule has 0 fully saturated rings. The summed E-state index contributed by atoms with van der Waals surface area (Å²) >= 11 is 0. The molecule has 0 aliphatic carbocycles. The number of methoxy groups -OCH3 is 1. The Hall–Kier alpha value is -2.21. The normalized spacial score (nSPS) is 10.6. The van der Waals surface area contributed by atoms with Crippen LogP contribution in [0.25, 0.3) is 0 Å². The molecule has 0 spiro atoms. The highest BCUT2D eigenvalue weighted by atomic mass is 19.1. The quantitative estimate of drug-likeness (QED) is 0.883. The molecule has 0 bridgehead atoms. The van der Waals surface area contributed by atoms with Crippen molar-refractivity contribution < 1.29 is 18.6 Å². The summed E-state index contributed by atoms with van der Waals surface area (Å²) in [5.74, 6) is -2.36. The van der Waals surface area contributed by atoms with Gasteiger partial charge in [-0.05, 0) is 23.3 Å². The van der Waals surface area contributed by atoms with Gasteiger partial charge in [-0.2, -0.15) is 0 Å². The summed E-state index contributed by atoms with van der Waals surface area (Å²) < 4.78 is 31.2. The Morgan fingerprint density at radius 2 is 1.80 bits per heavy atom. The standard InChI is InChI=1S/C14H14F2N2O2/c1-20-13-3-2-9(8-18-13)6-17-7-10-4-11(15)14(19)12(16)5-10/h2-5,8,17,19H,6-7H2,1H3. The van der Waals surface area contributed by atoms with Gasteiger partial charge in [0.05, 0.1) is 7.11 Å². The zero-order chi connectivity index (χ0) is 14.5. The van der Waals surface area contributed by atoms with E-state index in [1.54, 1.807) is 12.3 Å². The van der Waals surface area contributed by atoms with Crippen LogP contribution in [0.3, 0.4) is 0 Å². The van der Waals surface area contributed by atoms with Crippen LogP contribution in [0, 0.1) is 11.6 Å². The fourth-order valence-electron chi connectivity index (χ4n) is 1.71. The third-order valence-electron chi connectivity index (χ3n) is 2.74. The van der Waals surface area contributed by atoms with Gasteiger partial charge in [0.2, 0.25) is 5.88 Å². The maximum absolute atomic E-state index is 13.1. The molecule has 0 saturated carbocycles. The zero-order valence-corrected chi connectivity index (χ0v) is 10.9. The summed E-state index contributed by atoms with van der Waals surface area (Å²) in [6, 6.07) is 5.77. The molecule has 1 aromatic carbocycles. The number of hydrogen-bond acceptors (Lipinski definition) is 4. The fourth-order valence-corrected chi connectivity index (χ4v) is 1.71. The second-order valence-corrected chi connectivity index (χ2v) is 4.22. The van der Waals surface area contributed by atoms with Crippen molar-refractivity contribution in [2.45, 2.75) is 13.1 Å². The average Bonchev–Trinajstić information content (AvgIpc) is 2.45. The summed E-state index contributed by atoms with van der Waals surface area (Å²) in [6.07, 6.45) is 1.66. The Labute approximate surface area is 115 Å². The molecule has 2 N–H and O–H groups in total. The Balaban J connectivity index is 1.92. The molecule has 0 aliphatic heterocycles. The van der Waals surface area contributed by atoms with Crippen LogP contribution in [0.4, 0.5) is 8.78 Å². The molecule has 0 saturated heterocycles. The number of phenolic OH excluding ortho intramolecular Hbond substituents is 1. The minimum Gasteiger partial charge on any atom is -0.503 e. The molecule has 2 rings (SSSR count). The first-order valence-electron chi connectivity index (χ1n) is 5.96. The average molecular weight is 280 g/mol. The Morgan fingerprint density at radius 3 is 2.35 bits per heavy atom. The number of ether oxygens (including phenoxy) is 1. The minimum atomic E-state index is -0.965. The van der Waals surface area contributed by atoms with E-state index >= 15 is 0 Å². The van der Waals surface area contributed by atoms with Crippen molar-refractivity contribution in [2.75, 3.05) is 7.11 Å². The van der Waals surface area contributed by atoms with Crippen LogP contribution in [0.2, 0.25) is 0 Å². The van der Waals surface area contributed by atoms with Crippen LogP contribution in [0.1, 0.15) is 11.1 Å². The molecule has 0 atom stereocenters. The van der Waals surface area contributed by atoms with E-state index in [1.807, 2.05) is 6.07 Å². The van der Waals surface area contributed by atoms with E-state index in [0.29, 0.717) is 18.0 Å². The first-order chi connectivity index (χ1) is 9.60. The van der Waals surface area contributed by atoms with Gasteiger partial charge in [0.15, 0.2) is 17.4 Å². The zero-order valence-electron chi connectivity index (χ0n) is 10.9. The summed E-state index contributed by atoms with van der Waals surface area (Å²) in [5, 5.41) is 12.0. The van der Waals surface area contributed by atoms with E-state index in [0.717, 1.165) is 17.7 Å². The maximum Gasteiger partial charge on any atom is 0.212 e. The van der Waals surface area contributed by atoms with E-state index in [9.17, 15) is 8.78 Å². The molecule has 0 aliphatic rings. The first-order valence-corrected chi connectivity index (χ1v) is 5.96. The molecule has 1 aromatic heterocycles. The highest BCUT2D eigenvalue weighted by molar-refractivity contribution is 5.30. The van der Waals surface area contributed by atoms with Crippen molar-refractivity contribution in [3.05, 3.63) is 53.2 Å². The number of rotatable bonds is 5. The number of hydrogen-bond donors (Lipinski definition) is 2. The van der Waals surface area contributed by atoms with Crippen molar-refractivity contribution in [1.29, 1.82) is 0 Å². The molecule has 4 nitrogen and oxygen atoms in total. The van der Waals surface area contributed by atoms with Gasteiger partial charge >= 0.3 is 0 Å². The number of benzene rings is 1. The number of halogens is 2. The van der Waals surface area contributed by atoms with Crippen LogP contribution in [-0.4, -0.2) is 17.2 Å². The van der Waals surface area contributed by atoms with Crippen molar-refractivity contribution in [2.24, 2.45) is 0 Å². The fraction of sp³-hybridized carbons (Fsp3) is 0.214. The van der Waals surface area contributed by atoms with Gasteiger partial charge in [-0.1, -0.05) is 6.07 Å². The summed E-state index contributed by atoms with van der Waals surface area (Å²) in [7, 11) is 1.54. The minimum absolute atomic E-state index is 0.278. The molecule has 1 heterocycles. The number of nitrogens with zero attached hydrogens (tertiary/aromatic N) is 1. The predicted molar refractivity (Wildman–Crippen MR) is 69.4 cm³/mol. The number of nitrogens with one attached hydrogen (secondary N) is 1. The smallest absolute Gasteiger partial charge is 0.212 e. The van der Waals surface area contributed by atoms with Crippen molar-refractivity contribution in [1.82, 2.24) is 10.3 Å². The van der Waals surface area contributed by atoms with Crippen molar-refractivity contribution >= 4 is 0 Å². The molecule has 0 unspecified atom stereocenters. The second kappa shape index (κ2) is 6.29. The van der Waals surface area contributed by atoms with Gasteiger partial charge < -0.3 is 15.2 Å². The van der Waals surface area contributed by atoms with Gasteiger partial charge in [0.1, 0.15) is 0 Å². The SMILES string of the molecule is COc1ccc(CNCc2cc(F)c(O)c(F)c2)cn1. The second-order valence-electron chi connectivity index (χ2n) is 4.22. The molecule has 0 radical (unpaired) electrons. The highest BCUT2D eigenvalue weighted by Gasteiger charge is 2.09. The third kappa shape index (κ3) is 3.42. The van der Waals surface area contributed by atoms with Crippen molar-refractivity contribution in [3.8, 4) is 11.6 Å². The topological polar surface area (TPSA) is 54.4 Å². The molecule has 2 aromatic rings. The lowest BCUT2D eigenvalue weighted by atomic mass is 10.2. The molecular weight excluding hydrogens is 266 g/mol. The Kier molecular flexibility index (Phi) is 4.47. The van der Waals surface area contributed by atoms with Crippen LogP contribution in [0.5, 0.6) is 11.6 Å². The van der Waals surface area contributed by atoms with E-state index in [1.165, 1.54) is 7.11 Å². The lowest BCUT2D eigenvalue weighted by Crippen LogP contribution is -2.13. The molecule has 106 valence electrons. The van der Waals surface area contributed by atoms with Crippen molar-refractivity contribution in [3.63, 3.8) is 0 Å². The summed E-state index contributed by atoms with van der Waals surface area (Å²) in [4.78, 5) is 4.05. The lowest BCUT2D eigenvalue weighted by Gasteiger charge is -2.07. The number of pyridine rings is 1. The van der Waals surface area contributed by atoms with E-state index in [4.69, 9.17) is 9.84 Å². The largest absolute Gasteiger partial charge is 0.503 e. The number of aromatic nitrogens is 1. The molecular formula is C14H14F2N2O2.